The first-order chi connectivity index (χ1) is 8.33. The summed E-state index contributed by atoms with van der Waals surface area (Å²) in [6.45, 7) is 5.27. The zero-order valence-electron chi connectivity index (χ0n) is 11.4. The third-order valence-electron chi connectivity index (χ3n) is 5.00. The average Bonchev–Trinajstić information content (AvgIpc) is 2.40. The van der Waals surface area contributed by atoms with E-state index in [0.717, 1.165) is 24.3 Å². The van der Waals surface area contributed by atoms with Gasteiger partial charge in [-0.25, -0.2) is 0 Å². The minimum atomic E-state index is 0.376. The van der Waals surface area contributed by atoms with Crippen LogP contribution in [0.15, 0.2) is 0 Å². The number of hydrogen-bond acceptors (Lipinski definition) is 2. The zero-order chi connectivity index (χ0) is 12.1. The van der Waals surface area contributed by atoms with E-state index < -0.39 is 0 Å². The molecule has 1 aliphatic heterocycles. The van der Waals surface area contributed by atoms with Crippen LogP contribution in [0.3, 0.4) is 0 Å². The molecule has 1 unspecified atom stereocenters. The molecule has 1 atom stereocenters. The summed E-state index contributed by atoms with van der Waals surface area (Å²) >= 11 is 0. The maximum Gasteiger partial charge on any atom is 0.0434 e. The number of hydrogen-bond donors (Lipinski definition) is 1. The van der Waals surface area contributed by atoms with E-state index in [0.29, 0.717) is 6.61 Å². The van der Waals surface area contributed by atoms with Crippen molar-refractivity contribution in [2.75, 3.05) is 19.7 Å². The van der Waals surface area contributed by atoms with E-state index in [1.807, 2.05) is 0 Å². The molecule has 0 spiro atoms. The third kappa shape index (κ3) is 3.69. The first kappa shape index (κ1) is 13.4. The molecule has 0 bridgehead atoms. The number of aliphatic hydroxyl groups is 1. The van der Waals surface area contributed by atoms with Crippen molar-refractivity contribution in [3.63, 3.8) is 0 Å². The lowest BCUT2D eigenvalue weighted by molar-refractivity contribution is 0.0774. The molecule has 2 nitrogen and oxygen atoms in total. The topological polar surface area (TPSA) is 23.5 Å². The van der Waals surface area contributed by atoms with Crippen LogP contribution in [0.4, 0.5) is 0 Å². The van der Waals surface area contributed by atoms with Crippen LogP contribution in [0, 0.1) is 11.8 Å². The van der Waals surface area contributed by atoms with Gasteiger partial charge in [-0.3, -0.25) is 0 Å². The van der Waals surface area contributed by atoms with Crippen molar-refractivity contribution in [3.8, 4) is 0 Å². The molecule has 0 aromatic carbocycles. The van der Waals surface area contributed by atoms with Crippen molar-refractivity contribution in [1.82, 2.24) is 4.90 Å². The van der Waals surface area contributed by atoms with Gasteiger partial charge in [0.15, 0.2) is 0 Å². The average molecular weight is 239 g/mol. The molecule has 1 heterocycles. The first-order valence-electron chi connectivity index (χ1n) is 7.68. The third-order valence-corrected chi connectivity index (χ3v) is 5.00. The van der Waals surface area contributed by atoms with Crippen LogP contribution in [0.25, 0.3) is 0 Å². The molecular weight excluding hydrogens is 210 g/mol. The molecule has 1 saturated carbocycles. The van der Waals surface area contributed by atoms with E-state index in [9.17, 15) is 0 Å². The zero-order valence-corrected chi connectivity index (χ0v) is 11.4. The van der Waals surface area contributed by atoms with E-state index in [1.165, 1.54) is 58.0 Å². The Morgan fingerprint density at radius 3 is 2.47 bits per heavy atom. The highest BCUT2D eigenvalue weighted by atomic mass is 16.3. The Morgan fingerprint density at radius 2 is 1.82 bits per heavy atom. The summed E-state index contributed by atoms with van der Waals surface area (Å²) < 4.78 is 0. The van der Waals surface area contributed by atoms with E-state index in [4.69, 9.17) is 5.11 Å². The standard InChI is InChI=1S/C15H29NO/c1-2-13-5-7-15(8-6-13)16-10-3-4-14(12-16)9-11-17/h13-15,17H,2-12H2,1H3. The van der Waals surface area contributed by atoms with Gasteiger partial charge >= 0.3 is 0 Å². The van der Waals surface area contributed by atoms with Crippen molar-refractivity contribution < 1.29 is 5.11 Å². The van der Waals surface area contributed by atoms with Crippen molar-refractivity contribution in [2.45, 2.75) is 64.3 Å². The van der Waals surface area contributed by atoms with Gasteiger partial charge in [0, 0.05) is 19.2 Å². The second-order valence-corrected chi connectivity index (χ2v) is 6.10. The number of rotatable bonds is 4. The van der Waals surface area contributed by atoms with Gasteiger partial charge in [-0.05, 0) is 63.3 Å². The van der Waals surface area contributed by atoms with E-state index >= 15 is 0 Å². The van der Waals surface area contributed by atoms with Gasteiger partial charge < -0.3 is 10.0 Å². The molecule has 1 aliphatic carbocycles. The fraction of sp³-hybridized carbons (Fsp3) is 1.00. The molecule has 0 aromatic rings. The normalized spacial score (nSPS) is 36.0. The first-order valence-corrected chi connectivity index (χ1v) is 7.68. The van der Waals surface area contributed by atoms with Gasteiger partial charge in [0.2, 0.25) is 0 Å². The van der Waals surface area contributed by atoms with Crippen LogP contribution in [0.2, 0.25) is 0 Å². The van der Waals surface area contributed by atoms with E-state index in [2.05, 4.69) is 11.8 Å². The Balaban J connectivity index is 1.77. The SMILES string of the molecule is CCC1CCC(N2CCCC(CCO)C2)CC1. The summed E-state index contributed by atoms with van der Waals surface area (Å²) in [4.78, 5) is 2.73. The van der Waals surface area contributed by atoms with Gasteiger partial charge in [-0.1, -0.05) is 13.3 Å². The Morgan fingerprint density at radius 1 is 1.06 bits per heavy atom. The lowest BCUT2D eigenvalue weighted by Crippen LogP contribution is -2.44. The smallest absolute Gasteiger partial charge is 0.0434 e. The highest BCUT2D eigenvalue weighted by molar-refractivity contribution is 4.83. The van der Waals surface area contributed by atoms with Crippen LogP contribution in [0.5, 0.6) is 0 Å². The predicted molar refractivity (Wildman–Crippen MR) is 72.0 cm³/mol. The van der Waals surface area contributed by atoms with Gasteiger partial charge in [-0.2, -0.15) is 0 Å². The summed E-state index contributed by atoms with van der Waals surface area (Å²) in [5.41, 5.74) is 0. The molecule has 100 valence electrons. The highest BCUT2D eigenvalue weighted by Gasteiger charge is 2.28. The maximum absolute atomic E-state index is 9.06. The number of likely N-dealkylation sites (tertiary alicyclic amines) is 1. The van der Waals surface area contributed by atoms with Crippen LogP contribution in [-0.4, -0.2) is 35.7 Å². The van der Waals surface area contributed by atoms with Crippen LogP contribution in [-0.2, 0) is 0 Å². The molecule has 2 rings (SSSR count). The fourth-order valence-corrected chi connectivity index (χ4v) is 3.77. The molecule has 0 aromatic heterocycles. The molecule has 2 heteroatoms. The Labute approximate surface area is 106 Å². The van der Waals surface area contributed by atoms with Gasteiger partial charge in [0.25, 0.3) is 0 Å². The Kier molecular flexibility index (Phi) is 5.30. The minimum Gasteiger partial charge on any atom is -0.396 e. The molecule has 0 radical (unpaired) electrons. The van der Waals surface area contributed by atoms with E-state index in [1.54, 1.807) is 0 Å². The summed E-state index contributed by atoms with van der Waals surface area (Å²) in [5, 5.41) is 9.06. The summed E-state index contributed by atoms with van der Waals surface area (Å²) in [7, 11) is 0. The molecule has 0 amide bonds. The number of aliphatic hydroxyl groups excluding tert-OH is 1. The largest absolute Gasteiger partial charge is 0.396 e. The molecular formula is C15H29NO. The van der Waals surface area contributed by atoms with Crippen LogP contribution >= 0.6 is 0 Å². The summed E-state index contributed by atoms with van der Waals surface area (Å²) in [5.74, 6) is 1.77. The van der Waals surface area contributed by atoms with Gasteiger partial charge in [0.1, 0.15) is 0 Å². The lowest BCUT2D eigenvalue weighted by atomic mass is 9.82. The molecule has 1 saturated heterocycles. The second-order valence-electron chi connectivity index (χ2n) is 6.10. The van der Waals surface area contributed by atoms with Crippen molar-refractivity contribution >= 4 is 0 Å². The second kappa shape index (κ2) is 6.75. The van der Waals surface area contributed by atoms with Gasteiger partial charge in [0.05, 0.1) is 0 Å². The van der Waals surface area contributed by atoms with E-state index in [-0.39, 0.29) is 0 Å². The van der Waals surface area contributed by atoms with Crippen molar-refractivity contribution in [2.24, 2.45) is 11.8 Å². The van der Waals surface area contributed by atoms with Gasteiger partial charge in [-0.15, -0.1) is 0 Å². The minimum absolute atomic E-state index is 0.376. The molecule has 1 N–H and O–H groups in total. The maximum atomic E-state index is 9.06. The predicted octanol–water partition coefficient (Wildman–Crippen LogP) is 3.05. The fourth-order valence-electron chi connectivity index (χ4n) is 3.77. The highest BCUT2D eigenvalue weighted by Crippen LogP contribution is 2.32. The number of piperidine rings is 1. The number of nitrogens with zero attached hydrogens (tertiary/aromatic N) is 1. The van der Waals surface area contributed by atoms with Crippen molar-refractivity contribution in [3.05, 3.63) is 0 Å². The van der Waals surface area contributed by atoms with Crippen molar-refractivity contribution in [1.29, 1.82) is 0 Å². The van der Waals surface area contributed by atoms with Crippen LogP contribution < -0.4 is 0 Å². The quantitative estimate of drug-likeness (QED) is 0.815. The Hall–Kier alpha value is -0.0800. The monoisotopic (exact) mass is 239 g/mol. The molecule has 2 fully saturated rings. The van der Waals surface area contributed by atoms with Crippen LogP contribution in [0.1, 0.15) is 58.3 Å². The lowest BCUT2D eigenvalue weighted by Gasteiger charge is -2.41. The Bertz CT molecular complexity index is 209. The summed E-state index contributed by atoms with van der Waals surface area (Å²) in [6.07, 6.45) is 10.8. The molecule has 2 aliphatic rings. The summed E-state index contributed by atoms with van der Waals surface area (Å²) in [6, 6.07) is 0.860. The molecule has 17 heavy (non-hydrogen) atoms.